The molecule has 0 amide bonds. The molecular formula is C14H24N4. The Balaban J connectivity index is 1.66. The Morgan fingerprint density at radius 3 is 2.78 bits per heavy atom. The predicted octanol–water partition coefficient (Wildman–Crippen LogP) is 2.32. The zero-order valence-electron chi connectivity index (χ0n) is 11.5. The number of hydrogen-bond donors (Lipinski definition) is 1. The fourth-order valence-corrected chi connectivity index (χ4v) is 2.91. The van der Waals surface area contributed by atoms with E-state index in [1.54, 1.807) is 6.33 Å². The van der Waals surface area contributed by atoms with Crippen LogP contribution >= 0.6 is 0 Å². The van der Waals surface area contributed by atoms with Crippen LogP contribution in [0.25, 0.3) is 0 Å². The van der Waals surface area contributed by atoms with Gasteiger partial charge in [-0.2, -0.15) is 5.10 Å². The van der Waals surface area contributed by atoms with Crippen LogP contribution in [0.1, 0.15) is 57.8 Å². The number of hydrogen-bond acceptors (Lipinski definition) is 3. The molecule has 100 valence electrons. The Hall–Kier alpha value is -0.900. The lowest BCUT2D eigenvalue weighted by molar-refractivity contribution is 0.124. The van der Waals surface area contributed by atoms with Crippen molar-refractivity contribution < 1.29 is 0 Å². The fraction of sp³-hybridized carbons (Fsp3) is 0.857. The summed E-state index contributed by atoms with van der Waals surface area (Å²) in [6, 6.07) is 1.22. The summed E-state index contributed by atoms with van der Waals surface area (Å²) in [5, 5.41) is 8.05. The average molecular weight is 248 g/mol. The predicted molar refractivity (Wildman–Crippen MR) is 71.4 cm³/mol. The van der Waals surface area contributed by atoms with Gasteiger partial charge in [-0.1, -0.05) is 6.42 Å². The zero-order valence-corrected chi connectivity index (χ0v) is 11.5. The van der Waals surface area contributed by atoms with Gasteiger partial charge in [0.1, 0.15) is 12.2 Å². The van der Waals surface area contributed by atoms with Gasteiger partial charge in [-0.3, -0.25) is 0 Å². The van der Waals surface area contributed by atoms with Crippen LogP contribution in [0.5, 0.6) is 0 Å². The summed E-state index contributed by atoms with van der Waals surface area (Å²) in [7, 11) is 0. The molecule has 0 atom stereocenters. The Morgan fingerprint density at radius 2 is 2.22 bits per heavy atom. The maximum atomic E-state index is 4.47. The van der Waals surface area contributed by atoms with Crippen molar-refractivity contribution in [1.29, 1.82) is 0 Å². The minimum Gasteiger partial charge on any atom is -0.313 e. The van der Waals surface area contributed by atoms with Crippen LogP contribution in [0.4, 0.5) is 0 Å². The summed E-state index contributed by atoms with van der Waals surface area (Å²) >= 11 is 0. The highest BCUT2D eigenvalue weighted by Crippen LogP contribution is 2.43. The van der Waals surface area contributed by atoms with Crippen LogP contribution in [-0.4, -0.2) is 27.4 Å². The first-order valence-electron chi connectivity index (χ1n) is 7.30. The second kappa shape index (κ2) is 4.65. The molecule has 18 heavy (non-hydrogen) atoms. The van der Waals surface area contributed by atoms with Crippen LogP contribution in [0, 0.1) is 5.41 Å². The van der Waals surface area contributed by atoms with Gasteiger partial charge in [0.2, 0.25) is 0 Å². The lowest BCUT2D eigenvalue weighted by Gasteiger charge is -2.42. The van der Waals surface area contributed by atoms with Gasteiger partial charge in [-0.05, 0) is 44.9 Å². The molecule has 2 aliphatic rings. The summed E-state index contributed by atoms with van der Waals surface area (Å²) in [6.07, 6.45) is 9.61. The summed E-state index contributed by atoms with van der Waals surface area (Å²) in [5.74, 6) is 1.17. The molecule has 1 aromatic rings. The number of rotatable bonds is 6. The Bertz CT molecular complexity index is 402. The summed E-state index contributed by atoms with van der Waals surface area (Å²) in [6.45, 7) is 5.52. The van der Waals surface area contributed by atoms with Crippen molar-refractivity contribution in [2.24, 2.45) is 5.41 Å². The Kier molecular flexibility index (Phi) is 3.14. The van der Waals surface area contributed by atoms with Gasteiger partial charge in [0.25, 0.3) is 0 Å². The van der Waals surface area contributed by atoms with Crippen molar-refractivity contribution in [1.82, 2.24) is 20.1 Å². The first kappa shape index (κ1) is 12.2. The fourth-order valence-electron chi connectivity index (χ4n) is 2.91. The van der Waals surface area contributed by atoms with E-state index in [2.05, 4.69) is 33.9 Å². The highest BCUT2D eigenvalue weighted by molar-refractivity contribution is 5.01. The summed E-state index contributed by atoms with van der Waals surface area (Å²) < 4.78 is 2.08. The van der Waals surface area contributed by atoms with Gasteiger partial charge in [-0.15, -0.1) is 0 Å². The average Bonchev–Trinajstić information content (AvgIpc) is 2.99. The van der Waals surface area contributed by atoms with Crippen molar-refractivity contribution in [2.45, 2.75) is 64.5 Å². The molecule has 4 nitrogen and oxygen atoms in total. The largest absolute Gasteiger partial charge is 0.313 e. The maximum absolute atomic E-state index is 4.47. The normalized spacial score (nSPS) is 22.2. The first-order chi connectivity index (χ1) is 8.69. The molecule has 2 aliphatic carbocycles. The van der Waals surface area contributed by atoms with Crippen molar-refractivity contribution >= 4 is 0 Å². The maximum Gasteiger partial charge on any atom is 0.138 e. The Labute approximate surface area is 109 Å². The first-order valence-corrected chi connectivity index (χ1v) is 7.30. The van der Waals surface area contributed by atoms with E-state index < -0.39 is 0 Å². The zero-order chi connectivity index (χ0) is 12.6. The van der Waals surface area contributed by atoms with Gasteiger partial charge < -0.3 is 5.32 Å². The molecule has 3 rings (SSSR count). The molecule has 0 saturated heterocycles. The molecule has 0 aromatic carbocycles. The van der Waals surface area contributed by atoms with Crippen LogP contribution < -0.4 is 5.32 Å². The van der Waals surface area contributed by atoms with E-state index in [0.29, 0.717) is 11.5 Å². The van der Waals surface area contributed by atoms with E-state index in [4.69, 9.17) is 0 Å². The second-order valence-corrected chi connectivity index (χ2v) is 6.40. The SMILES string of the molecule is CC(C)n1ncnc1CC1(CNC2CC2)CCC1. The smallest absolute Gasteiger partial charge is 0.138 e. The molecule has 1 aromatic heterocycles. The highest BCUT2D eigenvalue weighted by atomic mass is 15.3. The number of aromatic nitrogens is 3. The van der Waals surface area contributed by atoms with Crippen LogP contribution in [0.2, 0.25) is 0 Å². The molecule has 0 radical (unpaired) electrons. The van der Waals surface area contributed by atoms with E-state index in [9.17, 15) is 0 Å². The molecule has 0 bridgehead atoms. The van der Waals surface area contributed by atoms with E-state index in [0.717, 1.165) is 12.5 Å². The summed E-state index contributed by atoms with van der Waals surface area (Å²) in [5.41, 5.74) is 0.461. The van der Waals surface area contributed by atoms with Crippen molar-refractivity contribution in [3.63, 3.8) is 0 Å². The van der Waals surface area contributed by atoms with Crippen LogP contribution in [0.3, 0.4) is 0 Å². The lowest BCUT2D eigenvalue weighted by Crippen LogP contribution is -2.43. The van der Waals surface area contributed by atoms with E-state index in [1.165, 1.54) is 44.5 Å². The van der Waals surface area contributed by atoms with Gasteiger partial charge >= 0.3 is 0 Å². The topological polar surface area (TPSA) is 42.7 Å². The molecule has 0 unspecified atom stereocenters. The van der Waals surface area contributed by atoms with Crippen molar-refractivity contribution in [3.8, 4) is 0 Å². The lowest BCUT2D eigenvalue weighted by atomic mass is 9.66. The Morgan fingerprint density at radius 1 is 1.44 bits per heavy atom. The number of nitrogens with one attached hydrogen (secondary N) is 1. The van der Waals surface area contributed by atoms with Gasteiger partial charge in [0, 0.05) is 25.0 Å². The standard InChI is InChI=1S/C14H24N4/c1-11(2)18-13(16-10-17-18)8-14(6-3-7-14)9-15-12-4-5-12/h10-12,15H,3-9H2,1-2H3. The van der Waals surface area contributed by atoms with Crippen LogP contribution in [0.15, 0.2) is 6.33 Å². The minimum absolute atomic E-state index is 0.413. The van der Waals surface area contributed by atoms with E-state index in [-0.39, 0.29) is 0 Å². The molecule has 2 fully saturated rings. The second-order valence-electron chi connectivity index (χ2n) is 6.40. The van der Waals surface area contributed by atoms with Crippen molar-refractivity contribution in [2.75, 3.05) is 6.54 Å². The minimum atomic E-state index is 0.413. The molecule has 0 aliphatic heterocycles. The van der Waals surface area contributed by atoms with Crippen molar-refractivity contribution in [3.05, 3.63) is 12.2 Å². The third kappa shape index (κ3) is 2.44. The molecular weight excluding hydrogens is 224 g/mol. The molecule has 0 spiro atoms. The molecule has 2 saturated carbocycles. The highest BCUT2D eigenvalue weighted by Gasteiger charge is 2.39. The van der Waals surface area contributed by atoms with Crippen LogP contribution in [-0.2, 0) is 6.42 Å². The third-order valence-electron chi connectivity index (χ3n) is 4.43. The van der Waals surface area contributed by atoms with Gasteiger partial charge in [0.15, 0.2) is 0 Å². The van der Waals surface area contributed by atoms with Gasteiger partial charge in [0.05, 0.1) is 0 Å². The number of nitrogens with zero attached hydrogens (tertiary/aromatic N) is 3. The van der Waals surface area contributed by atoms with E-state index in [1.807, 2.05) is 0 Å². The molecule has 1 heterocycles. The quantitative estimate of drug-likeness (QED) is 0.840. The molecule has 4 heteroatoms. The van der Waals surface area contributed by atoms with E-state index >= 15 is 0 Å². The third-order valence-corrected chi connectivity index (χ3v) is 4.43. The molecule has 1 N–H and O–H groups in total. The monoisotopic (exact) mass is 248 g/mol. The van der Waals surface area contributed by atoms with Gasteiger partial charge in [-0.25, -0.2) is 9.67 Å². The summed E-state index contributed by atoms with van der Waals surface area (Å²) in [4.78, 5) is 4.47.